The van der Waals surface area contributed by atoms with E-state index in [9.17, 15) is 8.42 Å². The van der Waals surface area contributed by atoms with Crippen molar-refractivity contribution in [1.82, 2.24) is 4.98 Å². The fraction of sp³-hybridized carbons (Fsp3) is 0.267. The maximum absolute atomic E-state index is 12.4. The van der Waals surface area contributed by atoms with E-state index < -0.39 is 10.0 Å². The number of aryl methyl sites for hydroxylation is 2. The van der Waals surface area contributed by atoms with Gasteiger partial charge in [-0.15, -0.1) is 0 Å². The zero-order chi connectivity index (χ0) is 15.5. The maximum Gasteiger partial charge on any atom is 0.263 e. The summed E-state index contributed by atoms with van der Waals surface area (Å²) in [5.41, 5.74) is 2.39. The largest absolute Gasteiger partial charge is 0.370 e. The predicted molar refractivity (Wildman–Crippen MR) is 85.1 cm³/mol. The highest BCUT2D eigenvalue weighted by Crippen LogP contribution is 2.23. The van der Waals surface area contributed by atoms with Gasteiger partial charge >= 0.3 is 0 Å². The molecule has 0 radical (unpaired) electrons. The number of rotatable bonds is 5. The predicted octanol–water partition coefficient (Wildman–Crippen LogP) is 2.93. The number of hydrogen-bond donors (Lipinski definition) is 2. The van der Waals surface area contributed by atoms with Crippen molar-refractivity contribution in [3.8, 4) is 0 Å². The average Bonchev–Trinajstić information content (AvgIpc) is 2.44. The first-order valence-electron chi connectivity index (χ1n) is 6.73. The van der Waals surface area contributed by atoms with Gasteiger partial charge in [-0.05, 0) is 44.0 Å². The molecule has 0 spiro atoms. The topological polar surface area (TPSA) is 71.1 Å². The Bertz CT molecular complexity index is 705. The third kappa shape index (κ3) is 3.52. The Labute approximate surface area is 125 Å². The standard InChI is InChI=1S/C15H19N3O2S/c1-4-16-14-9-8-13(10-17-14)21(19,20)18-15-11(2)6-5-7-12(15)3/h5-10,18H,4H2,1-3H3,(H,16,17). The van der Waals surface area contributed by atoms with E-state index in [4.69, 9.17) is 0 Å². The summed E-state index contributed by atoms with van der Waals surface area (Å²) in [6.45, 7) is 6.43. The molecule has 6 heteroatoms. The molecule has 0 unspecified atom stereocenters. The molecule has 0 aliphatic heterocycles. The van der Waals surface area contributed by atoms with E-state index in [0.29, 0.717) is 11.5 Å². The van der Waals surface area contributed by atoms with E-state index in [1.54, 1.807) is 12.1 Å². The minimum absolute atomic E-state index is 0.145. The summed E-state index contributed by atoms with van der Waals surface area (Å²) < 4.78 is 27.4. The van der Waals surface area contributed by atoms with Gasteiger partial charge in [0.2, 0.25) is 0 Å². The second-order valence-corrected chi connectivity index (χ2v) is 6.46. The third-order valence-electron chi connectivity index (χ3n) is 3.12. The number of nitrogens with one attached hydrogen (secondary N) is 2. The van der Waals surface area contributed by atoms with Crippen LogP contribution >= 0.6 is 0 Å². The lowest BCUT2D eigenvalue weighted by Crippen LogP contribution is -2.15. The van der Waals surface area contributed by atoms with Crippen LogP contribution in [0.2, 0.25) is 0 Å². The van der Waals surface area contributed by atoms with Crippen LogP contribution in [0.4, 0.5) is 11.5 Å². The quantitative estimate of drug-likeness (QED) is 0.891. The summed E-state index contributed by atoms with van der Waals surface area (Å²) in [5, 5.41) is 3.03. The molecule has 1 heterocycles. The minimum atomic E-state index is -3.63. The molecule has 0 saturated heterocycles. The van der Waals surface area contributed by atoms with Crippen LogP contribution in [-0.4, -0.2) is 19.9 Å². The molecular formula is C15H19N3O2S. The first kappa shape index (κ1) is 15.3. The molecule has 0 atom stereocenters. The number of pyridine rings is 1. The molecule has 0 fully saturated rings. The summed E-state index contributed by atoms with van der Waals surface area (Å²) in [6, 6.07) is 8.84. The van der Waals surface area contributed by atoms with Crippen LogP contribution in [0.5, 0.6) is 0 Å². The summed E-state index contributed by atoms with van der Waals surface area (Å²) in [4.78, 5) is 4.24. The van der Waals surface area contributed by atoms with E-state index in [1.165, 1.54) is 6.20 Å². The van der Waals surface area contributed by atoms with Crippen molar-refractivity contribution in [3.63, 3.8) is 0 Å². The number of sulfonamides is 1. The molecule has 21 heavy (non-hydrogen) atoms. The van der Waals surface area contributed by atoms with Crippen LogP contribution in [0.1, 0.15) is 18.1 Å². The zero-order valence-corrected chi connectivity index (χ0v) is 13.2. The van der Waals surface area contributed by atoms with Gasteiger partial charge in [-0.1, -0.05) is 18.2 Å². The van der Waals surface area contributed by atoms with Crippen LogP contribution in [0, 0.1) is 13.8 Å². The summed E-state index contributed by atoms with van der Waals surface area (Å²) >= 11 is 0. The minimum Gasteiger partial charge on any atom is -0.370 e. The normalized spacial score (nSPS) is 11.2. The van der Waals surface area contributed by atoms with Crippen LogP contribution in [0.25, 0.3) is 0 Å². The molecule has 112 valence electrons. The molecule has 0 amide bonds. The third-order valence-corrected chi connectivity index (χ3v) is 4.46. The van der Waals surface area contributed by atoms with Crippen molar-refractivity contribution in [2.45, 2.75) is 25.7 Å². The molecule has 0 saturated carbocycles. The highest BCUT2D eigenvalue weighted by Gasteiger charge is 2.16. The lowest BCUT2D eigenvalue weighted by atomic mass is 10.1. The monoisotopic (exact) mass is 305 g/mol. The van der Waals surface area contributed by atoms with E-state index >= 15 is 0 Å². The van der Waals surface area contributed by atoms with Crippen molar-refractivity contribution in [3.05, 3.63) is 47.7 Å². The van der Waals surface area contributed by atoms with Gasteiger partial charge in [0, 0.05) is 12.7 Å². The number of hydrogen-bond acceptors (Lipinski definition) is 4. The Morgan fingerprint density at radius 2 is 1.76 bits per heavy atom. The number of nitrogens with zero attached hydrogens (tertiary/aromatic N) is 1. The first-order valence-corrected chi connectivity index (χ1v) is 8.21. The van der Waals surface area contributed by atoms with Crippen molar-refractivity contribution in [1.29, 1.82) is 0 Å². The molecule has 0 aliphatic carbocycles. The highest BCUT2D eigenvalue weighted by molar-refractivity contribution is 7.92. The number of aromatic nitrogens is 1. The Balaban J connectivity index is 2.30. The van der Waals surface area contributed by atoms with Gasteiger partial charge in [-0.25, -0.2) is 13.4 Å². The van der Waals surface area contributed by atoms with Gasteiger partial charge in [0.1, 0.15) is 10.7 Å². The summed E-state index contributed by atoms with van der Waals surface area (Å²) in [5.74, 6) is 0.656. The average molecular weight is 305 g/mol. The SMILES string of the molecule is CCNc1ccc(S(=O)(=O)Nc2c(C)cccc2C)cn1. The fourth-order valence-electron chi connectivity index (χ4n) is 1.99. The number of para-hydroxylation sites is 1. The van der Waals surface area contributed by atoms with Gasteiger partial charge in [-0.3, -0.25) is 4.72 Å². The summed E-state index contributed by atoms with van der Waals surface area (Å²) in [7, 11) is -3.63. The van der Waals surface area contributed by atoms with E-state index in [1.807, 2.05) is 39.0 Å². The summed E-state index contributed by atoms with van der Waals surface area (Å²) in [6.07, 6.45) is 1.36. The lowest BCUT2D eigenvalue weighted by Gasteiger charge is -2.13. The van der Waals surface area contributed by atoms with Crippen molar-refractivity contribution in [2.75, 3.05) is 16.6 Å². The molecule has 0 aliphatic rings. The Morgan fingerprint density at radius 3 is 2.29 bits per heavy atom. The Kier molecular flexibility index (Phi) is 4.47. The van der Waals surface area contributed by atoms with Gasteiger partial charge in [-0.2, -0.15) is 0 Å². The molecule has 0 bridgehead atoms. The van der Waals surface area contributed by atoms with Crippen molar-refractivity contribution < 1.29 is 8.42 Å². The van der Waals surface area contributed by atoms with E-state index in [2.05, 4.69) is 15.0 Å². The molecule has 2 N–H and O–H groups in total. The van der Waals surface area contributed by atoms with Crippen LogP contribution < -0.4 is 10.0 Å². The fourth-order valence-corrected chi connectivity index (χ4v) is 3.14. The van der Waals surface area contributed by atoms with Crippen LogP contribution in [0.15, 0.2) is 41.4 Å². The number of anilines is 2. The lowest BCUT2D eigenvalue weighted by molar-refractivity contribution is 0.600. The van der Waals surface area contributed by atoms with Crippen LogP contribution in [0.3, 0.4) is 0 Å². The number of benzene rings is 1. The first-order chi connectivity index (χ1) is 9.94. The van der Waals surface area contributed by atoms with Crippen molar-refractivity contribution in [2.24, 2.45) is 0 Å². The van der Waals surface area contributed by atoms with Gasteiger partial charge in [0.05, 0.1) is 5.69 Å². The van der Waals surface area contributed by atoms with Gasteiger partial charge < -0.3 is 5.32 Å². The molecule has 5 nitrogen and oxygen atoms in total. The second-order valence-electron chi connectivity index (χ2n) is 4.78. The zero-order valence-electron chi connectivity index (χ0n) is 12.3. The molecule has 2 aromatic rings. The molecule has 1 aromatic heterocycles. The second kappa shape index (κ2) is 6.13. The van der Waals surface area contributed by atoms with E-state index in [-0.39, 0.29) is 4.90 Å². The molecule has 2 rings (SSSR count). The Morgan fingerprint density at radius 1 is 1.10 bits per heavy atom. The van der Waals surface area contributed by atoms with E-state index in [0.717, 1.165) is 17.7 Å². The van der Waals surface area contributed by atoms with Gasteiger partial charge in [0.15, 0.2) is 0 Å². The van der Waals surface area contributed by atoms with Crippen LogP contribution in [-0.2, 0) is 10.0 Å². The highest BCUT2D eigenvalue weighted by atomic mass is 32.2. The Hall–Kier alpha value is -2.08. The maximum atomic E-state index is 12.4. The van der Waals surface area contributed by atoms with Crippen molar-refractivity contribution >= 4 is 21.5 Å². The molecule has 1 aromatic carbocycles. The molecular weight excluding hydrogens is 286 g/mol. The van der Waals surface area contributed by atoms with Gasteiger partial charge in [0.25, 0.3) is 10.0 Å². The smallest absolute Gasteiger partial charge is 0.263 e.